The van der Waals surface area contributed by atoms with Crippen LogP contribution in [-0.4, -0.2) is 51.6 Å². The molecule has 5 nitrogen and oxygen atoms in total. The molecule has 0 aliphatic heterocycles. The Bertz CT molecular complexity index is 146. The molecule has 0 saturated heterocycles. The van der Waals surface area contributed by atoms with Crippen LogP contribution in [0.1, 0.15) is 1.37 Å². The third-order valence-corrected chi connectivity index (χ3v) is 0.918. The van der Waals surface area contributed by atoms with E-state index >= 15 is 0 Å². The molecule has 0 spiro atoms. The molecule has 60 valence electrons. The SMILES string of the molecule is [2H][C@](O)(C(=O)CO)[C@H](O)CO. The first-order chi connectivity index (χ1) is 4.96. The quantitative estimate of drug-likeness (QED) is 0.349. The zero-order valence-electron chi connectivity index (χ0n) is 6.19. The second-order valence-electron chi connectivity index (χ2n) is 1.66. The van der Waals surface area contributed by atoms with Crippen LogP contribution in [0.5, 0.6) is 0 Å². The summed E-state index contributed by atoms with van der Waals surface area (Å²) in [5, 5.41) is 33.9. The highest BCUT2D eigenvalue weighted by atomic mass is 16.4. The molecule has 0 radical (unpaired) electrons. The number of hydrogen-bond acceptors (Lipinski definition) is 5. The third kappa shape index (κ3) is 2.40. The maximum Gasteiger partial charge on any atom is 0.189 e. The maximum absolute atomic E-state index is 10.5. The summed E-state index contributed by atoms with van der Waals surface area (Å²) in [6.07, 6.45) is -4.70. The van der Waals surface area contributed by atoms with Crippen LogP contribution in [0, 0.1) is 0 Å². The highest BCUT2D eigenvalue weighted by Gasteiger charge is 2.21. The van der Waals surface area contributed by atoms with Crippen LogP contribution >= 0.6 is 0 Å². The average Bonchev–Trinajstić information content (AvgIpc) is 2.01. The van der Waals surface area contributed by atoms with Crippen LogP contribution in [0.4, 0.5) is 0 Å². The molecule has 5 heteroatoms. The Morgan fingerprint density at radius 1 is 1.50 bits per heavy atom. The van der Waals surface area contributed by atoms with E-state index in [1.165, 1.54) is 0 Å². The van der Waals surface area contributed by atoms with Gasteiger partial charge in [-0.15, -0.1) is 0 Å². The van der Waals surface area contributed by atoms with Crippen LogP contribution < -0.4 is 0 Å². The van der Waals surface area contributed by atoms with E-state index in [4.69, 9.17) is 21.8 Å². The van der Waals surface area contributed by atoms with Crippen molar-refractivity contribution in [2.24, 2.45) is 0 Å². The van der Waals surface area contributed by atoms with Gasteiger partial charge in [-0.1, -0.05) is 0 Å². The van der Waals surface area contributed by atoms with Crippen molar-refractivity contribution in [1.29, 1.82) is 0 Å². The van der Waals surface area contributed by atoms with Crippen LogP contribution in [0.15, 0.2) is 0 Å². The van der Waals surface area contributed by atoms with Gasteiger partial charge in [-0.05, 0) is 0 Å². The van der Waals surface area contributed by atoms with Crippen molar-refractivity contribution in [2.45, 2.75) is 12.2 Å². The summed E-state index contributed by atoms with van der Waals surface area (Å²) >= 11 is 0. The summed E-state index contributed by atoms with van der Waals surface area (Å²) in [4.78, 5) is 10.5. The van der Waals surface area contributed by atoms with Gasteiger partial charge in [0.1, 0.15) is 18.8 Å². The van der Waals surface area contributed by atoms with Crippen LogP contribution in [0.25, 0.3) is 0 Å². The Hall–Kier alpha value is -0.490. The minimum absolute atomic E-state index is 0.911. The molecule has 10 heavy (non-hydrogen) atoms. The first-order valence-electron chi connectivity index (χ1n) is 3.12. The first kappa shape index (κ1) is 7.62. The summed E-state index contributed by atoms with van der Waals surface area (Å²) < 4.78 is 6.77. The van der Waals surface area contributed by atoms with E-state index in [1.807, 2.05) is 0 Å². The largest absolute Gasteiger partial charge is 0.394 e. The van der Waals surface area contributed by atoms with Gasteiger partial charge in [0, 0.05) is 0 Å². The Kier molecular flexibility index (Phi) is 3.31. The fourth-order valence-corrected chi connectivity index (χ4v) is 0.353. The van der Waals surface area contributed by atoms with Gasteiger partial charge in [0.25, 0.3) is 0 Å². The molecule has 0 aromatic carbocycles. The van der Waals surface area contributed by atoms with Crippen molar-refractivity contribution in [3.63, 3.8) is 0 Å². The van der Waals surface area contributed by atoms with Crippen molar-refractivity contribution in [2.75, 3.05) is 13.2 Å². The Balaban J connectivity index is 4.31. The van der Waals surface area contributed by atoms with E-state index in [0.29, 0.717) is 0 Å². The molecule has 0 aromatic heterocycles. The molecule has 0 aliphatic carbocycles. The van der Waals surface area contributed by atoms with Crippen LogP contribution in [-0.2, 0) is 4.79 Å². The van der Waals surface area contributed by atoms with Gasteiger partial charge in [-0.25, -0.2) is 0 Å². The fraction of sp³-hybridized carbons (Fsp3) is 0.800. The van der Waals surface area contributed by atoms with Gasteiger partial charge in [-0.2, -0.15) is 0 Å². The van der Waals surface area contributed by atoms with Crippen LogP contribution in [0.3, 0.4) is 0 Å². The monoisotopic (exact) mass is 151 g/mol. The van der Waals surface area contributed by atoms with Gasteiger partial charge in [0.05, 0.1) is 7.98 Å². The maximum atomic E-state index is 10.5. The summed E-state index contributed by atoms with van der Waals surface area (Å²) in [7, 11) is 0. The van der Waals surface area contributed by atoms with E-state index in [9.17, 15) is 4.79 Å². The predicted molar refractivity (Wildman–Crippen MR) is 31.2 cm³/mol. The molecule has 0 bridgehead atoms. The van der Waals surface area contributed by atoms with Crippen molar-refractivity contribution >= 4 is 5.78 Å². The van der Waals surface area contributed by atoms with Crippen molar-refractivity contribution in [1.82, 2.24) is 0 Å². The molecule has 0 aliphatic rings. The van der Waals surface area contributed by atoms with Gasteiger partial charge in [0.2, 0.25) is 0 Å². The molecule has 0 aromatic rings. The summed E-state index contributed by atoms with van der Waals surface area (Å²) in [5.41, 5.74) is 0. The Labute approximate surface area is 58.9 Å². The molecule has 0 unspecified atom stereocenters. The average molecular weight is 151 g/mol. The lowest BCUT2D eigenvalue weighted by molar-refractivity contribution is -0.137. The number of hydrogen-bond donors (Lipinski definition) is 4. The molecule has 0 fully saturated rings. The highest BCUT2D eigenvalue weighted by molar-refractivity contribution is 5.84. The van der Waals surface area contributed by atoms with E-state index in [1.54, 1.807) is 0 Å². The number of carbonyl (C=O) groups excluding carboxylic acids is 1. The molecule has 0 rings (SSSR count). The zero-order chi connectivity index (χ0) is 9.07. The molecule has 4 N–H and O–H groups in total. The second kappa shape index (κ2) is 4.35. The van der Waals surface area contributed by atoms with E-state index in [0.717, 1.165) is 0 Å². The van der Waals surface area contributed by atoms with Crippen molar-refractivity contribution < 1.29 is 26.6 Å². The minimum Gasteiger partial charge on any atom is -0.394 e. The molecule has 2 atom stereocenters. The number of aliphatic hydroxyl groups excluding tert-OH is 3. The Morgan fingerprint density at radius 3 is 2.30 bits per heavy atom. The topological polar surface area (TPSA) is 98.0 Å². The summed E-state index contributed by atoms with van der Waals surface area (Å²) in [5.74, 6) is -1.25. The summed E-state index contributed by atoms with van der Waals surface area (Å²) in [6.45, 7) is -1.96. The number of Topliss-reactive ketones (excluding diaryl/α,β-unsaturated/α-hetero) is 1. The smallest absolute Gasteiger partial charge is 0.189 e. The standard InChI is InChI=1S/C5H10O5/c6-1-3(8)5(10)4(9)2-7/h3,5-8,10H,1-2H2/t3-,5-/m1/s1/i5D. The van der Waals surface area contributed by atoms with Gasteiger partial charge in [-0.3, -0.25) is 4.79 Å². The highest BCUT2D eigenvalue weighted by Crippen LogP contribution is 1.92. The summed E-state index contributed by atoms with van der Waals surface area (Å²) in [6, 6.07) is 0. The molecule has 0 amide bonds. The lowest BCUT2D eigenvalue weighted by atomic mass is 10.1. The van der Waals surface area contributed by atoms with Gasteiger partial charge >= 0.3 is 0 Å². The first-order valence-corrected chi connectivity index (χ1v) is 2.62. The van der Waals surface area contributed by atoms with Gasteiger partial charge in [0.15, 0.2) is 5.78 Å². The minimum atomic E-state index is -2.82. The fourth-order valence-electron chi connectivity index (χ4n) is 0.353. The lowest BCUT2D eigenvalue weighted by Crippen LogP contribution is -2.37. The van der Waals surface area contributed by atoms with Crippen LogP contribution in [0.2, 0.25) is 0 Å². The second-order valence-corrected chi connectivity index (χ2v) is 1.66. The number of carbonyl (C=O) groups is 1. The number of aliphatic hydroxyl groups is 4. The van der Waals surface area contributed by atoms with E-state index in [-0.39, 0.29) is 0 Å². The van der Waals surface area contributed by atoms with E-state index in [2.05, 4.69) is 0 Å². The van der Waals surface area contributed by atoms with E-state index < -0.39 is 31.2 Å². The van der Waals surface area contributed by atoms with Crippen molar-refractivity contribution in [3.05, 3.63) is 0 Å². The normalized spacial score (nSPS) is 21.0. The lowest BCUT2D eigenvalue weighted by Gasteiger charge is -2.11. The van der Waals surface area contributed by atoms with Crippen molar-refractivity contribution in [3.8, 4) is 0 Å². The predicted octanol–water partition coefficient (Wildman–Crippen LogP) is -2.74. The Morgan fingerprint density at radius 2 is 2.00 bits per heavy atom. The number of ketones is 1. The molecular weight excluding hydrogens is 140 g/mol. The number of rotatable bonds is 4. The molecular formula is C5H10O5. The molecule has 0 saturated carbocycles. The third-order valence-electron chi connectivity index (χ3n) is 0.918. The zero-order valence-corrected chi connectivity index (χ0v) is 5.19. The molecule has 0 heterocycles. The van der Waals surface area contributed by atoms with Gasteiger partial charge < -0.3 is 20.4 Å².